The molecule has 1 saturated heterocycles. The third-order valence-corrected chi connectivity index (χ3v) is 4.99. The number of amides is 1. The quantitative estimate of drug-likeness (QED) is 0.866. The number of hydrogen-bond donors (Lipinski definition) is 1. The number of sulfone groups is 1. The second kappa shape index (κ2) is 6.78. The maximum absolute atomic E-state index is 12.0. The van der Waals surface area contributed by atoms with Gasteiger partial charge < -0.3 is 14.7 Å². The highest BCUT2D eigenvalue weighted by atomic mass is 32.2. The molecule has 1 aromatic rings. The molecular weight excluding hydrogens is 310 g/mol. The number of ether oxygens (including phenoxy) is 1. The number of carbonyl (C=O) groups is 2. The molecule has 0 radical (unpaired) electrons. The monoisotopic (exact) mass is 327 g/mol. The molecule has 1 N–H and O–H groups in total. The first-order valence-electron chi connectivity index (χ1n) is 6.80. The van der Waals surface area contributed by atoms with Gasteiger partial charge in [0.25, 0.3) is 0 Å². The van der Waals surface area contributed by atoms with Crippen molar-refractivity contribution in [2.24, 2.45) is 0 Å². The minimum absolute atomic E-state index is 0.0266. The number of carbonyl (C=O) groups excluding carboxylic acids is 1. The number of aliphatic carboxylic acids is 1. The summed E-state index contributed by atoms with van der Waals surface area (Å²) in [7, 11) is -3.11. The van der Waals surface area contributed by atoms with Gasteiger partial charge in [0.1, 0.15) is 0 Å². The fourth-order valence-electron chi connectivity index (χ4n) is 2.10. The summed E-state index contributed by atoms with van der Waals surface area (Å²) in [5.74, 6) is -1.49. The first-order chi connectivity index (χ1) is 10.4. The third-order valence-electron chi connectivity index (χ3n) is 3.39. The Morgan fingerprint density at radius 1 is 1.18 bits per heavy atom. The highest BCUT2D eigenvalue weighted by molar-refractivity contribution is 7.91. The van der Waals surface area contributed by atoms with Crippen LogP contribution in [-0.4, -0.2) is 61.2 Å². The molecule has 22 heavy (non-hydrogen) atoms. The Bertz CT molecular complexity index is 629. The molecule has 1 aliphatic heterocycles. The molecule has 1 atom stereocenters. The van der Waals surface area contributed by atoms with E-state index < -0.39 is 28.0 Å². The second-order valence-electron chi connectivity index (χ2n) is 5.04. The molecule has 8 heteroatoms. The highest BCUT2D eigenvalue weighted by Gasteiger charge is 2.30. The van der Waals surface area contributed by atoms with Gasteiger partial charge in [0.2, 0.25) is 6.10 Å². The Morgan fingerprint density at radius 3 is 2.32 bits per heavy atom. The molecule has 0 bridgehead atoms. The van der Waals surface area contributed by atoms with Gasteiger partial charge in [0.15, 0.2) is 9.84 Å². The summed E-state index contributed by atoms with van der Waals surface area (Å²) in [6, 6.07) is 8.84. The summed E-state index contributed by atoms with van der Waals surface area (Å²) in [6.45, 7) is 0.0533. The SMILES string of the molecule is O=C(O)C(Cc1ccccc1)OC(=O)N1CCS(=O)(=O)CC1. The van der Waals surface area contributed by atoms with Crippen molar-refractivity contribution in [2.75, 3.05) is 24.6 Å². The Labute approximate surface area is 128 Å². The molecule has 1 aliphatic rings. The number of carboxylic acids is 1. The topological polar surface area (TPSA) is 101 Å². The molecule has 1 fully saturated rings. The molecule has 120 valence electrons. The number of nitrogens with zero attached hydrogens (tertiary/aromatic N) is 1. The Kier molecular flexibility index (Phi) is 5.02. The number of hydrogen-bond acceptors (Lipinski definition) is 5. The Balaban J connectivity index is 1.96. The summed E-state index contributed by atoms with van der Waals surface area (Å²) >= 11 is 0. The molecule has 0 spiro atoms. The molecule has 0 saturated carbocycles. The van der Waals surface area contributed by atoms with E-state index in [0.29, 0.717) is 0 Å². The molecular formula is C14H17NO6S. The summed E-state index contributed by atoms with van der Waals surface area (Å²) < 4.78 is 27.7. The van der Waals surface area contributed by atoms with E-state index in [-0.39, 0.29) is 31.0 Å². The molecule has 1 unspecified atom stereocenters. The van der Waals surface area contributed by atoms with Crippen molar-refractivity contribution in [1.82, 2.24) is 4.90 Å². The maximum Gasteiger partial charge on any atom is 0.410 e. The zero-order valence-electron chi connectivity index (χ0n) is 11.8. The van der Waals surface area contributed by atoms with Crippen LogP contribution in [0, 0.1) is 0 Å². The number of benzene rings is 1. The molecule has 1 heterocycles. The van der Waals surface area contributed by atoms with Crippen molar-refractivity contribution in [3.05, 3.63) is 35.9 Å². The second-order valence-corrected chi connectivity index (χ2v) is 7.34. The fraction of sp³-hybridized carbons (Fsp3) is 0.429. The first-order valence-corrected chi connectivity index (χ1v) is 8.62. The highest BCUT2D eigenvalue weighted by Crippen LogP contribution is 2.11. The molecule has 1 amide bonds. The maximum atomic E-state index is 12.0. The van der Waals surface area contributed by atoms with E-state index in [9.17, 15) is 23.1 Å². The lowest BCUT2D eigenvalue weighted by atomic mass is 10.1. The third kappa shape index (κ3) is 4.45. The van der Waals surface area contributed by atoms with Crippen LogP contribution in [-0.2, 0) is 25.8 Å². The van der Waals surface area contributed by atoms with Crippen molar-refractivity contribution in [3.8, 4) is 0 Å². The van der Waals surface area contributed by atoms with Crippen LogP contribution < -0.4 is 0 Å². The van der Waals surface area contributed by atoms with Crippen molar-refractivity contribution in [3.63, 3.8) is 0 Å². The van der Waals surface area contributed by atoms with Crippen LogP contribution in [0.4, 0.5) is 4.79 Å². The fourth-order valence-corrected chi connectivity index (χ4v) is 3.30. The number of carboxylic acid groups (broad SMARTS) is 1. The van der Waals surface area contributed by atoms with Crippen molar-refractivity contribution in [2.45, 2.75) is 12.5 Å². The van der Waals surface area contributed by atoms with E-state index >= 15 is 0 Å². The van der Waals surface area contributed by atoms with Crippen LogP contribution in [0.5, 0.6) is 0 Å². The molecule has 7 nitrogen and oxygen atoms in total. The van der Waals surface area contributed by atoms with Crippen molar-refractivity contribution >= 4 is 21.9 Å². The lowest BCUT2D eigenvalue weighted by Crippen LogP contribution is -2.46. The average molecular weight is 327 g/mol. The lowest BCUT2D eigenvalue weighted by molar-refractivity contribution is -0.147. The predicted octanol–water partition coefficient (Wildman–Crippen LogP) is 0.549. The Hall–Kier alpha value is -2.09. The van der Waals surface area contributed by atoms with Gasteiger partial charge in [-0.3, -0.25) is 0 Å². The van der Waals surface area contributed by atoms with Gasteiger partial charge in [-0.05, 0) is 5.56 Å². The van der Waals surface area contributed by atoms with Gasteiger partial charge in [-0.1, -0.05) is 30.3 Å². The van der Waals surface area contributed by atoms with E-state index in [0.717, 1.165) is 5.56 Å². The van der Waals surface area contributed by atoms with E-state index in [1.54, 1.807) is 30.3 Å². The summed E-state index contributed by atoms with van der Waals surface area (Å²) in [6.07, 6.45) is -2.03. The molecule has 1 aromatic carbocycles. The smallest absolute Gasteiger partial charge is 0.410 e. The van der Waals surface area contributed by atoms with Crippen LogP contribution in [0.25, 0.3) is 0 Å². The standard InChI is InChI=1S/C14H17NO6S/c16-13(17)12(10-11-4-2-1-3-5-11)21-14(18)15-6-8-22(19,20)9-7-15/h1-5,12H,6-10H2,(H,16,17). The van der Waals surface area contributed by atoms with E-state index in [4.69, 9.17) is 4.74 Å². The minimum atomic E-state index is -3.11. The normalized spacial score (nSPS) is 18.5. The predicted molar refractivity (Wildman–Crippen MR) is 78.3 cm³/mol. The van der Waals surface area contributed by atoms with E-state index in [2.05, 4.69) is 0 Å². The lowest BCUT2D eigenvalue weighted by Gasteiger charge is -2.27. The van der Waals surface area contributed by atoms with Gasteiger partial charge in [0.05, 0.1) is 11.5 Å². The average Bonchev–Trinajstić information content (AvgIpc) is 2.47. The Morgan fingerprint density at radius 2 is 1.77 bits per heavy atom. The van der Waals surface area contributed by atoms with Gasteiger partial charge >= 0.3 is 12.1 Å². The van der Waals surface area contributed by atoms with Crippen molar-refractivity contribution < 1.29 is 27.9 Å². The largest absolute Gasteiger partial charge is 0.478 e. The molecule has 0 aromatic heterocycles. The number of rotatable bonds is 4. The summed E-state index contributed by atoms with van der Waals surface area (Å²) in [5, 5.41) is 9.17. The summed E-state index contributed by atoms with van der Waals surface area (Å²) in [4.78, 5) is 24.4. The van der Waals surface area contributed by atoms with E-state index in [1.807, 2.05) is 0 Å². The zero-order chi connectivity index (χ0) is 16.2. The van der Waals surface area contributed by atoms with Crippen LogP contribution >= 0.6 is 0 Å². The van der Waals surface area contributed by atoms with Crippen LogP contribution in [0.15, 0.2) is 30.3 Å². The van der Waals surface area contributed by atoms with Crippen molar-refractivity contribution in [1.29, 1.82) is 0 Å². The van der Waals surface area contributed by atoms with Gasteiger partial charge in [-0.15, -0.1) is 0 Å². The van der Waals surface area contributed by atoms with Gasteiger partial charge in [-0.2, -0.15) is 0 Å². The van der Waals surface area contributed by atoms with Crippen LogP contribution in [0.2, 0.25) is 0 Å². The zero-order valence-corrected chi connectivity index (χ0v) is 12.7. The minimum Gasteiger partial charge on any atom is -0.478 e. The van der Waals surface area contributed by atoms with Gasteiger partial charge in [0, 0.05) is 19.5 Å². The first kappa shape index (κ1) is 16.3. The molecule has 0 aliphatic carbocycles. The van der Waals surface area contributed by atoms with Gasteiger partial charge in [-0.25, -0.2) is 18.0 Å². The van der Waals surface area contributed by atoms with Crippen LogP contribution in [0.1, 0.15) is 5.56 Å². The summed E-state index contributed by atoms with van der Waals surface area (Å²) in [5.41, 5.74) is 0.740. The van der Waals surface area contributed by atoms with Crippen LogP contribution in [0.3, 0.4) is 0 Å². The molecule has 2 rings (SSSR count). The van der Waals surface area contributed by atoms with E-state index in [1.165, 1.54) is 4.90 Å².